The molecule has 0 heterocycles. The van der Waals surface area contributed by atoms with Crippen LogP contribution in [0.25, 0.3) is 0 Å². The minimum atomic E-state index is 0.143. The molecule has 0 aliphatic heterocycles. The first kappa shape index (κ1) is 16.3. The quantitative estimate of drug-likeness (QED) is 0.256. The molecular formula is C15H15BrN2OS2. The summed E-state index contributed by atoms with van der Waals surface area (Å²) in [6.45, 7) is 2.08. The summed E-state index contributed by atoms with van der Waals surface area (Å²) in [4.78, 5) is 3.09. The van der Waals surface area contributed by atoms with Gasteiger partial charge in [0.15, 0.2) is 5.84 Å². The number of hydrogen-bond donors (Lipinski definition) is 2. The molecule has 3 N–H and O–H groups in total. The molecule has 0 aromatic heterocycles. The van der Waals surface area contributed by atoms with E-state index in [4.69, 9.17) is 10.9 Å². The molecule has 2 rings (SSSR count). The highest BCUT2D eigenvalue weighted by molar-refractivity contribution is 9.10. The van der Waals surface area contributed by atoms with Gasteiger partial charge in [0.25, 0.3) is 0 Å². The summed E-state index contributed by atoms with van der Waals surface area (Å²) in [5.74, 6) is 1.07. The van der Waals surface area contributed by atoms with E-state index in [1.807, 2.05) is 42.5 Å². The number of thioether (sulfide) groups is 1. The maximum absolute atomic E-state index is 9.05. The molecular weight excluding hydrogens is 368 g/mol. The van der Waals surface area contributed by atoms with Crippen LogP contribution in [0.5, 0.6) is 0 Å². The van der Waals surface area contributed by atoms with Gasteiger partial charge < -0.3 is 10.9 Å². The van der Waals surface area contributed by atoms with Crippen molar-refractivity contribution >= 4 is 45.3 Å². The van der Waals surface area contributed by atoms with Crippen LogP contribution in [0, 0.1) is 0 Å². The monoisotopic (exact) mass is 382 g/mol. The Morgan fingerprint density at radius 3 is 2.62 bits per heavy atom. The van der Waals surface area contributed by atoms with Gasteiger partial charge in [-0.05, 0) is 36.1 Å². The van der Waals surface area contributed by atoms with Crippen molar-refractivity contribution in [2.75, 3.05) is 5.75 Å². The molecule has 0 radical (unpaired) electrons. The van der Waals surface area contributed by atoms with E-state index < -0.39 is 0 Å². The summed E-state index contributed by atoms with van der Waals surface area (Å²) >= 11 is 6.75. The fraction of sp³-hybridized carbons (Fsp3) is 0.133. The lowest BCUT2D eigenvalue weighted by molar-refractivity contribution is 0.318. The molecule has 0 saturated heterocycles. The minimum Gasteiger partial charge on any atom is -0.409 e. The van der Waals surface area contributed by atoms with E-state index in [1.165, 1.54) is 0 Å². The van der Waals surface area contributed by atoms with Gasteiger partial charge in [-0.1, -0.05) is 51.9 Å². The highest BCUT2D eigenvalue weighted by Gasteiger charge is 2.14. The zero-order valence-electron chi connectivity index (χ0n) is 11.4. The number of nitrogens with two attached hydrogens (primary N) is 1. The van der Waals surface area contributed by atoms with Crippen LogP contribution in [0.3, 0.4) is 0 Å². The predicted molar refractivity (Wildman–Crippen MR) is 93.6 cm³/mol. The molecule has 2 aromatic rings. The number of amidine groups is 1. The molecule has 0 unspecified atom stereocenters. The van der Waals surface area contributed by atoms with Crippen LogP contribution < -0.4 is 5.73 Å². The molecule has 0 fully saturated rings. The Labute approximate surface area is 141 Å². The van der Waals surface area contributed by atoms with Crippen molar-refractivity contribution in [3.8, 4) is 0 Å². The maximum Gasteiger partial charge on any atom is 0.172 e. The lowest BCUT2D eigenvalue weighted by Crippen LogP contribution is -2.15. The molecule has 0 bridgehead atoms. The molecule has 3 nitrogen and oxygen atoms in total. The zero-order chi connectivity index (χ0) is 15.2. The van der Waals surface area contributed by atoms with Crippen molar-refractivity contribution in [3.63, 3.8) is 0 Å². The SMILES string of the molecule is CCSc1cccc(Sc2cccc(Br)c2)c1/C(N)=N/O. The van der Waals surface area contributed by atoms with Crippen LogP contribution in [-0.2, 0) is 0 Å². The number of hydrogen-bond acceptors (Lipinski definition) is 4. The van der Waals surface area contributed by atoms with Crippen LogP contribution in [0.4, 0.5) is 0 Å². The Morgan fingerprint density at radius 2 is 1.95 bits per heavy atom. The van der Waals surface area contributed by atoms with Crippen LogP contribution in [0.2, 0.25) is 0 Å². The normalized spacial score (nSPS) is 11.6. The number of benzene rings is 2. The fourth-order valence-corrected chi connectivity index (χ4v) is 4.34. The van der Waals surface area contributed by atoms with Gasteiger partial charge in [0.1, 0.15) is 0 Å². The lowest BCUT2D eigenvalue weighted by Gasteiger charge is -2.12. The van der Waals surface area contributed by atoms with Crippen molar-refractivity contribution in [2.45, 2.75) is 21.6 Å². The highest BCUT2D eigenvalue weighted by Crippen LogP contribution is 2.36. The first-order valence-electron chi connectivity index (χ1n) is 6.32. The molecule has 110 valence electrons. The highest BCUT2D eigenvalue weighted by atomic mass is 79.9. The maximum atomic E-state index is 9.05. The molecule has 0 saturated carbocycles. The van der Waals surface area contributed by atoms with Gasteiger partial charge in [-0.25, -0.2) is 0 Å². The molecule has 0 spiro atoms. The van der Waals surface area contributed by atoms with Gasteiger partial charge in [-0.3, -0.25) is 0 Å². The first-order valence-corrected chi connectivity index (χ1v) is 8.92. The Balaban J connectivity index is 2.45. The Hall–Kier alpha value is -1.11. The second-order valence-corrected chi connectivity index (χ2v) is 7.44. The molecule has 21 heavy (non-hydrogen) atoms. The smallest absolute Gasteiger partial charge is 0.172 e. The molecule has 6 heteroatoms. The van der Waals surface area contributed by atoms with Crippen LogP contribution >= 0.6 is 39.5 Å². The molecule has 2 aromatic carbocycles. The predicted octanol–water partition coefficient (Wildman–Crippen LogP) is 4.81. The van der Waals surface area contributed by atoms with E-state index in [2.05, 4.69) is 28.0 Å². The van der Waals surface area contributed by atoms with Crippen molar-refractivity contribution in [1.82, 2.24) is 0 Å². The zero-order valence-corrected chi connectivity index (χ0v) is 14.6. The van der Waals surface area contributed by atoms with E-state index in [1.54, 1.807) is 23.5 Å². The van der Waals surface area contributed by atoms with Crippen molar-refractivity contribution < 1.29 is 5.21 Å². The average Bonchev–Trinajstić information content (AvgIpc) is 2.47. The van der Waals surface area contributed by atoms with E-state index in [0.717, 1.165) is 30.5 Å². The van der Waals surface area contributed by atoms with Crippen LogP contribution in [0.1, 0.15) is 12.5 Å². The third kappa shape index (κ3) is 4.18. The third-order valence-electron chi connectivity index (χ3n) is 2.68. The second-order valence-electron chi connectivity index (χ2n) is 4.11. The summed E-state index contributed by atoms with van der Waals surface area (Å²) in [7, 11) is 0. The van der Waals surface area contributed by atoms with Crippen LogP contribution in [0.15, 0.2) is 66.8 Å². The van der Waals surface area contributed by atoms with Gasteiger partial charge in [-0.15, -0.1) is 11.8 Å². The summed E-state index contributed by atoms with van der Waals surface area (Å²) in [5, 5.41) is 12.2. The van der Waals surface area contributed by atoms with Gasteiger partial charge in [0, 0.05) is 24.7 Å². The van der Waals surface area contributed by atoms with E-state index in [9.17, 15) is 0 Å². The van der Waals surface area contributed by atoms with E-state index in [0.29, 0.717) is 0 Å². The summed E-state index contributed by atoms with van der Waals surface area (Å²) in [6.07, 6.45) is 0. The van der Waals surface area contributed by atoms with Crippen LogP contribution in [-0.4, -0.2) is 16.8 Å². The summed E-state index contributed by atoms with van der Waals surface area (Å²) in [6, 6.07) is 14.0. The second kappa shape index (κ2) is 7.77. The van der Waals surface area contributed by atoms with Crippen molar-refractivity contribution in [3.05, 3.63) is 52.5 Å². The number of oxime groups is 1. The van der Waals surface area contributed by atoms with Gasteiger partial charge in [0.05, 0.1) is 0 Å². The number of halogens is 1. The average molecular weight is 383 g/mol. The Kier molecular flexibility index (Phi) is 6.02. The lowest BCUT2D eigenvalue weighted by atomic mass is 10.2. The molecule has 0 aliphatic rings. The Bertz CT molecular complexity index is 662. The van der Waals surface area contributed by atoms with Crippen molar-refractivity contribution in [2.24, 2.45) is 10.9 Å². The molecule has 0 aliphatic carbocycles. The van der Waals surface area contributed by atoms with Gasteiger partial charge >= 0.3 is 0 Å². The number of rotatable bonds is 5. The van der Waals surface area contributed by atoms with E-state index >= 15 is 0 Å². The van der Waals surface area contributed by atoms with Gasteiger partial charge in [-0.2, -0.15) is 0 Å². The summed E-state index contributed by atoms with van der Waals surface area (Å²) < 4.78 is 1.02. The standard InChI is InChI=1S/C15H15BrN2OS2/c1-2-20-12-7-4-8-13(14(12)15(17)18-19)21-11-6-3-5-10(16)9-11/h3-9,19H,2H2,1H3,(H2,17,18). The first-order chi connectivity index (χ1) is 10.2. The molecule has 0 atom stereocenters. The third-order valence-corrected chi connectivity index (χ3v) is 5.16. The van der Waals surface area contributed by atoms with Gasteiger partial charge in [0.2, 0.25) is 0 Å². The Morgan fingerprint density at radius 1 is 1.24 bits per heavy atom. The largest absolute Gasteiger partial charge is 0.409 e. The minimum absolute atomic E-state index is 0.143. The van der Waals surface area contributed by atoms with E-state index in [-0.39, 0.29) is 5.84 Å². The number of nitrogens with zero attached hydrogens (tertiary/aromatic N) is 1. The van der Waals surface area contributed by atoms with Crippen molar-refractivity contribution in [1.29, 1.82) is 0 Å². The topological polar surface area (TPSA) is 58.6 Å². The fourth-order valence-electron chi connectivity index (χ4n) is 1.83. The summed E-state index contributed by atoms with van der Waals surface area (Å²) in [5.41, 5.74) is 6.66. The molecule has 0 amide bonds.